The molecule has 0 fully saturated rings. The normalized spacial score (nSPS) is 11.3. The largest absolute Gasteiger partial charge is 0.332 e. The van der Waals surface area contributed by atoms with Gasteiger partial charge in [-0.1, -0.05) is 30.3 Å². The van der Waals surface area contributed by atoms with Crippen molar-refractivity contribution in [3.05, 3.63) is 63.1 Å². The summed E-state index contributed by atoms with van der Waals surface area (Å²) in [6, 6.07) is 10.5. The van der Waals surface area contributed by atoms with Crippen LogP contribution in [0.15, 0.2) is 46.2 Å². The number of rotatable bonds is 8. The molecule has 0 saturated heterocycles. The summed E-state index contributed by atoms with van der Waals surface area (Å²) in [7, 11) is 3.43. The van der Waals surface area contributed by atoms with Gasteiger partial charge in [0.15, 0.2) is 11.2 Å². The maximum absolute atomic E-state index is 12.6. The van der Waals surface area contributed by atoms with E-state index in [2.05, 4.69) is 29.2 Å². The zero-order chi connectivity index (χ0) is 18.5. The molecule has 3 rings (SSSR count). The lowest BCUT2D eigenvalue weighted by Crippen LogP contribution is -2.39. The highest BCUT2D eigenvalue weighted by Gasteiger charge is 2.14. The third-order valence-electron chi connectivity index (χ3n) is 4.47. The lowest BCUT2D eigenvalue weighted by Gasteiger charge is -2.08. The fourth-order valence-corrected chi connectivity index (χ4v) is 3.93. The Morgan fingerprint density at radius 1 is 1.04 bits per heavy atom. The van der Waals surface area contributed by atoms with Gasteiger partial charge < -0.3 is 4.57 Å². The first-order valence-corrected chi connectivity index (χ1v) is 9.97. The van der Waals surface area contributed by atoms with E-state index in [9.17, 15) is 9.59 Å². The molecule has 0 saturated carbocycles. The lowest BCUT2D eigenvalue weighted by atomic mass is 10.1. The molecule has 0 aliphatic heterocycles. The molecule has 0 unspecified atom stereocenters. The van der Waals surface area contributed by atoms with E-state index in [1.165, 1.54) is 14.7 Å². The van der Waals surface area contributed by atoms with Gasteiger partial charge in [-0.25, -0.2) is 9.78 Å². The van der Waals surface area contributed by atoms with Gasteiger partial charge in [0.1, 0.15) is 0 Å². The molecule has 0 amide bonds. The van der Waals surface area contributed by atoms with Crippen molar-refractivity contribution in [3.63, 3.8) is 0 Å². The van der Waals surface area contributed by atoms with Crippen LogP contribution in [0.3, 0.4) is 0 Å². The van der Waals surface area contributed by atoms with E-state index in [-0.39, 0.29) is 11.2 Å². The van der Waals surface area contributed by atoms with E-state index in [0.717, 1.165) is 30.8 Å². The van der Waals surface area contributed by atoms with Crippen LogP contribution in [0.4, 0.5) is 0 Å². The molecule has 1 aromatic carbocycles. The lowest BCUT2D eigenvalue weighted by molar-refractivity contribution is 0.594. The molecular weight excluding hydrogens is 348 g/mol. The minimum atomic E-state index is -0.296. The predicted octanol–water partition coefficient (Wildman–Crippen LogP) is 2.19. The molecule has 0 aliphatic rings. The van der Waals surface area contributed by atoms with Crippen LogP contribution in [0.2, 0.25) is 0 Å². The molecule has 0 aliphatic carbocycles. The molecule has 3 aromatic rings. The standard InChI is InChI=1S/C19H24N4O2S/c1-21-14-20-17-16(21)18(24)23(19(25)22(17)2)11-7-13-26-12-6-10-15-8-4-3-5-9-15/h3-5,8-9,14H,6-7,10-13H2,1-2H3. The smallest absolute Gasteiger partial charge is 0.328 e. The van der Waals surface area contributed by atoms with Crippen molar-refractivity contribution in [1.29, 1.82) is 0 Å². The van der Waals surface area contributed by atoms with Gasteiger partial charge >= 0.3 is 5.69 Å². The van der Waals surface area contributed by atoms with Gasteiger partial charge in [-0.05, 0) is 36.3 Å². The summed E-state index contributed by atoms with van der Waals surface area (Å²) >= 11 is 1.87. The summed E-state index contributed by atoms with van der Waals surface area (Å²) in [5.74, 6) is 2.02. The summed E-state index contributed by atoms with van der Waals surface area (Å²) in [5.41, 5.74) is 1.73. The van der Waals surface area contributed by atoms with Gasteiger partial charge in [-0.3, -0.25) is 13.9 Å². The fraction of sp³-hybridized carbons (Fsp3) is 0.421. The number of benzene rings is 1. The van der Waals surface area contributed by atoms with E-state index in [1.807, 2.05) is 17.8 Å². The molecule has 0 bridgehead atoms. The zero-order valence-electron chi connectivity index (χ0n) is 15.2. The van der Waals surface area contributed by atoms with Crippen molar-refractivity contribution in [2.75, 3.05) is 11.5 Å². The summed E-state index contributed by atoms with van der Waals surface area (Å²) in [5, 5.41) is 0. The molecule has 26 heavy (non-hydrogen) atoms. The Morgan fingerprint density at radius 2 is 1.77 bits per heavy atom. The summed E-state index contributed by atoms with van der Waals surface area (Å²) in [6.45, 7) is 0.443. The average Bonchev–Trinajstić information content (AvgIpc) is 3.04. The number of nitrogens with zero attached hydrogens (tertiary/aromatic N) is 4. The molecule has 0 atom stereocenters. The van der Waals surface area contributed by atoms with Crippen LogP contribution < -0.4 is 11.2 Å². The Bertz CT molecular complexity index is 988. The van der Waals surface area contributed by atoms with Crippen LogP contribution in [0.1, 0.15) is 18.4 Å². The Kier molecular flexibility index (Phi) is 5.98. The summed E-state index contributed by atoms with van der Waals surface area (Å²) in [6.07, 6.45) is 4.59. The molecule has 0 spiro atoms. The monoisotopic (exact) mass is 372 g/mol. The van der Waals surface area contributed by atoms with Gasteiger partial charge in [0.2, 0.25) is 0 Å². The van der Waals surface area contributed by atoms with Crippen LogP contribution >= 0.6 is 11.8 Å². The molecule has 7 heteroatoms. The number of hydrogen-bond acceptors (Lipinski definition) is 4. The van der Waals surface area contributed by atoms with E-state index in [1.54, 1.807) is 25.0 Å². The number of imidazole rings is 1. The zero-order valence-corrected chi connectivity index (χ0v) is 16.0. The maximum Gasteiger partial charge on any atom is 0.332 e. The summed E-state index contributed by atoms with van der Waals surface area (Å²) < 4.78 is 4.45. The minimum Gasteiger partial charge on any atom is -0.328 e. The maximum atomic E-state index is 12.6. The van der Waals surface area contributed by atoms with Gasteiger partial charge in [-0.15, -0.1) is 0 Å². The second-order valence-corrected chi connectivity index (χ2v) is 7.61. The van der Waals surface area contributed by atoms with Crippen LogP contribution in [-0.2, 0) is 27.1 Å². The average molecular weight is 372 g/mol. The molecule has 2 aromatic heterocycles. The highest BCUT2D eigenvalue weighted by molar-refractivity contribution is 7.99. The second kappa shape index (κ2) is 8.40. The molecule has 6 nitrogen and oxygen atoms in total. The molecule has 0 radical (unpaired) electrons. The van der Waals surface area contributed by atoms with E-state index < -0.39 is 0 Å². The van der Waals surface area contributed by atoms with E-state index in [4.69, 9.17) is 0 Å². The Labute approximate surface area is 156 Å². The Balaban J connectivity index is 1.52. The van der Waals surface area contributed by atoms with Gasteiger partial charge in [0, 0.05) is 20.6 Å². The first kappa shape index (κ1) is 18.5. The first-order valence-electron chi connectivity index (χ1n) is 8.82. The van der Waals surface area contributed by atoms with E-state index >= 15 is 0 Å². The van der Waals surface area contributed by atoms with Crippen molar-refractivity contribution in [2.45, 2.75) is 25.8 Å². The Hall–Kier alpha value is -2.28. The molecule has 2 heterocycles. The number of aromatic nitrogens is 4. The highest BCUT2D eigenvalue weighted by Crippen LogP contribution is 2.09. The fourth-order valence-electron chi connectivity index (χ4n) is 3.04. The molecule has 0 N–H and O–H groups in total. The highest BCUT2D eigenvalue weighted by atomic mass is 32.2. The van der Waals surface area contributed by atoms with Crippen molar-refractivity contribution < 1.29 is 0 Å². The first-order chi connectivity index (χ1) is 12.6. The summed E-state index contributed by atoms with van der Waals surface area (Å²) in [4.78, 5) is 29.1. The quantitative estimate of drug-likeness (QED) is 0.569. The minimum absolute atomic E-state index is 0.253. The SMILES string of the molecule is Cn1cnc2c1c(=O)n(CCCSCCCc1ccccc1)c(=O)n2C. The Morgan fingerprint density at radius 3 is 2.54 bits per heavy atom. The van der Waals surface area contributed by atoms with Crippen molar-refractivity contribution in [1.82, 2.24) is 18.7 Å². The van der Waals surface area contributed by atoms with Crippen LogP contribution in [0.25, 0.3) is 11.2 Å². The number of hydrogen-bond donors (Lipinski definition) is 0. The number of fused-ring (bicyclic) bond motifs is 1. The third kappa shape index (κ3) is 3.93. The number of thioether (sulfide) groups is 1. The second-order valence-electron chi connectivity index (χ2n) is 6.38. The van der Waals surface area contributed by atoms with Crippen LogP contribution in [-0.4, -0.2) is 30.2 Å². The molecule has 138 valence electrons. The van der Waals surface area contributed by atoms with Gasteiger partial charge in [0.25, 0.3) is 5.56 Å². The van der Waals surface area contributed by atoms with Crippen molar-refractivity contribution >= 4 is 22.9 Å². The topological polar surface area (TPSA) is 61.8 Å². The third-order valence-corrected chi connectivity index (χ3v) is 5.62. The van der Waals surface area contributed by atoms with Gasteiger partial charge in [-0.2, -0.15) is 11.8 Å². The molecular formula is C19H24N4O2S. The van der Waals surface area contributed by atoms with Crippen molar-refractivity contribution in [2.24, 2.45) is 14.1 Å². The number of aryl methyl sites for hydroxylation is 3. The van der Waals surface area contributed by atoms with E-state index in [0.29, 0.717) is 17.7 Å². The van der Waals surface area contributed by atoms with Gasteiger partial charge in [0.05, 0.1) is 6.33 Å². The van der Waals surface area contributed by atoms with Crippen LogP contribution in [0, 0.1) is 0 Å². The van der Waals surface area contributed by atoms with Crippen LogP contribution in [0.5, 0.6) is 0 Å². The predicted molar refractivity (Wildman–Crippen MR) is 107 cm³/mol. The van der Waals surface area contributed by atoms with Crippen molar-refractivity contribution in [3.8, 4) is 0 Å².